The molecular formula is C23H33IN4O4. The molecule has 8 nitrogen and oxygen atoms in total. The van der Waals surface area contributed by atoms with Crippen LogP contribution in [0.3, 0.4) is 0 Å². The van der Waals surface area contributed by atoms with Gasteiger partial charge in [0.25, 0.3) is 5.91 Å². The zero-order chi connectivity index (χ0) is 22.6. The number of aliphatic imine (C=N–C) groups is 1. The van der Waals surface area contributed by atoms with Crippen LogP contribution in [-0.2, 0) is 12.8 Å². The number of carbonyl (C=O) groups excluding carboxylic acids is 1. The molecule has 32 heavy (non-hydrogen) atoms. The lowest BCUT2D eigenvalue weighted by Gasteiger charge is -2.16. The highest BCUT2D eigenvalue weighted by Gasteiger charge is 2.15. The molecule has 0 aromatic heterocycles. The normalized spacial score (nSPS) is 10.6. The summed E-state index contributed by atoms with van der Waals surface area (Å²) in [6.07, 6.45) is 1.49. The molecule has 2 aromatic rings. The Morgan fingerprint density at radius 2 is 1.62 bits per heavy atom. The number of methoxy groups -OCH3 is 3. The zero-order valence-electron chi connectivity index (χ0n) is 19.3. The van der Waals surface area contributed by atoms with E-state index in [0.29, 0.717) is 41.9 Å². The monoisotopic (exact) mass is 556 g/mol. The Balaban J connectivity index is 0.00000512. The minimum Gasteiger partial charge on any atom is -0.493 e. The molecule has 0 bridgehead atoms. The third-order valence-corrected chi connectivity index (χ3v) is 4.82. The molecule has 0 aliphatic carbocycles. The van der Waals surface area contributed by atoms with Crippen LogP contribution >= 0.6 is 24.0 Å². The lowest BCUT2D eigenvalue weighted by Crippen LogP contribution is -2.39. The van der Waals surface area contributed by atoms with Gasteiger partial charge in [0.1, 0.15) is 0 Å². The van der Waals surface area contributed by atoms with Gasteiger partial charge in [0.05, 0.1) is 21.3 Å². The standard InChI is InChI=1S/C23H32N4O4.HI/c1-24-22(28)18-8-6-7-16(15-18)11-13-26-23(25-2)27-14-12-17-9-10-19(29-3)21(31-5)20(17)30-4;/h6-10,15H,11-14H2,1-5H3,(H,24,28)(H2,25,26,27);1H. The van der Waals surface area contributed by atoms with Crippen molar-refractivity contribution in [1.29, 1.82) is 0 Å². The van der Waals surface area contributed by atoms with Crippen molar-refractivity contribution in [3.05, 3.63) is 53.1 Å². The topological polar surface area (TPSA) is 93.2 Å². The first kappa shape index (κ1) is 27.3. The summed E-state index contributed by atoms with van der Waals surface area (Å²) in [4.78, 5) is 16.0. The summed E-state index contributed by atoms with van der Waals surface area (Å²) in [5, 5.41) is 9.25. The van der Waals surface area contributed by atoms with Gasteiger partial charge in [-0.25, -0.2) is 0 Å². The van der Waals surface area contributed by atoms with E-state index in [4.69, 9.17) is 14.2 Å². The molecule has 0 spiro atoms. The Morgan fingerprint density at radius 1 is 0.938 bits per heavy atom. The third-order valence-electron chi connectivity index (χ3n) is 4.82. The van der Waals surface area contributed by atoms with Crippen LogP contribution in [0.15, 0.2) is 41.4 Å². The predicted octanol–water partition coefficient (Wildman–Crippen LogP) is 2.64. The van der Waals surface area contributed by atoms with E-state index in [1.807, 2.05) is 30.3 Å². The highest BCUT2D eigenvalue weighted by atomic mass is 127. The van der Waals surface area contributed by atoms with Gasteiger partial charge < -0.3 is 30.2 Å². The first-order chi connectivity index (χ1) is 15.1. The van der Waals surface area contributed by atoms with E-state index in [2.05, 4.69) is 20.9 Å². The van der Waals surface area contributed by atoms with Crippen molar-refractivity contribution in [2.75, 3.05) is 48.5 Å². The maximum Gasteiger partial charge on any atom is 0.251 e. The number of ether oxygens (including phenoxy) is 3. The van der Waals surface area contributed by atoms with Gasteiger partial charge >= 0.3 is 0 Å². The summed E-state index contributed by atoms with van der Waals surface area (Å²) in [6, 6.07) is 11.4. The quantitative estimate of drug-likeness (QED) is 0.237. The molecule has 0 fully saturated rings. The van der Waals surface area contributed by atoms with E-state index in [0.717, 1.165) is 24.0 Å². The summed E-state index contributed by atoms with van der Waals surface area (Å²) >= 11 is 0. The van der Waals surface area contributed by atoms with Crippen LogP contribution in [-0.4, -0.2) is 60.4 Å². The van der Waals surface area contributed by atoms with Crippen LogP contribution < -0.4 is 30.2 Å². The number of nitrogens with zero attached hydrogens (tertiary/aromatic N) is 1. The average molecular weight is 556 g/mol. The zero-order valence-corrected chi connectivity index (χ0v) is 21.6. The number of hydrogen-bond donors (Lipinski definition) is 3. The fourth-order valence-corrected chi connectivity index (χ4v) is 3.23. The van der Waals surface area contributed by atoms with E-state index in [9.17, 15) is 4.79 Å². The number of carbonyl (C=O) groups is 1. The van der Waals surface area contributed by atoms with E-state index in [-0.39, 0.29) is 29.9 Å². The predicted molar refractivity (Wildman–Crippen MR) is 138 cm³/mol. The van der Waals surface area contributed by atoms with Crippen molar-refractivity contribution in [3.8, 4) is 17.2 Å². The van der Waals surface area contributed by atoms with Gasteiger partial charge in [0.15, 0.2) is 17.5 Å². The van der Waals surface area contributed by atoms with E-state index in [1.54, 1.807) is 41.5 Å². The van der Waals surface area contributed by atoms with Crippen molar-refractivity contribution in [3.63, 3.8) is 0 Å². The van der Waals surface area contributed by atoms with Crippen molar-refractivity contribution in [1.82, 2.24) is 16.0 Å². The van der Waals surface area contributed by atoms with Crippen LogP contribution in [0.25, 0.3) is 0 Å². The first-order valence-electron chi connectivity index (χ1n) is 10.1. The van der Waals surface area contributed by atoms with Gasteiger partial charge in [-0.3, -0.25) is 9.79 Å². The fraction of sp³-hybridized carbons (Fsp3) is 0.391. The van der Waals surface area contributed by atoms with Crippen LogP contribution in [0.2, 0.25) is 0 Å². The Morgan fingerprint density at radius 3 is 2.22 bits per heavy atom. The lowest BCUT2D eigenvalue weighted by molar-refractivity contribution is 0.0963. The lowest BCUT2D eigenvalue weighted by atomic mass is 10.1. The molecule has 2 aromatic carbocycles. The summed E-state index contributed by atoms with van der Waals surface area (Å²) in [7, 11) is 8.18. The van der Waals surface area contributed by atoms with Gasteiger partial charge in [-0.05, 0) is 36.6 Å². The maximum absolute atomic E-state index is 11.8. The number of amides is 1. The van der Waals surface area contributed by atoms with Crippen molar-refractivity contribution < 1.29 is 19.0 Å². The molecule has 0 aliphatic rings. The van der Waals surface area contributed by atoms with Gasteiger partial charge in [0.2, 0.25) is 5.75 Å². The molecule has 0 radical (unpaired) electrons. The number of nitrogens with one attached hydrogen (secondary N) is 3. The molecule has 0 atom stereocenters. The van der Waals surface area contributed by atoms with Crippen molar-refractivity contribution in [2.24, 2.45) is 4.99 Å². The maximum atomic E-state index is 11.8. The molecule has 2 rings (SSSR count). The molecule has 0 saturated heterocycles. The highest BCUT2D eigenvalue weighted by Crippen LogP contribution is 2.39. The Hall–Kier alpha value is -2.69. The summed E-state index contributed by atoms with van der Waals surface area (Å²) < 4.78 is 16.3. The van der Waals surface area contributed by atoms with E-state index in [1.165, 1.54) is 0 Å². The Bertz CT molecular complexity index is 906. The fourth-order valence-electron chi connectivity index (χ4n) is 3.23. The molecular weight excluding hydrogens is 523 g/mol. The molecule has 176 valence electrons. The molecule has 0 saturated carbocycles. The minimum atomic E-state index is -0.0853. The van der Waals surface area contributed by atoms with Gasteiger partial charge in [-0.15, -0.1) is 24.0 Å². The second kappa shape index (κ2) is 14.4. The highest BCUT2D eigenvalue weighted by molar-refractivity contribution is 14.0. The molecule has 9 heteroatoms. The van der Waals surface area contributed by atoms with Gasteiger partial charge in [-0.2, -0.15) is 0 Å². The van der Waals surface area contributed by atoms with Crippen LogP contribution in [0.4, 0.5) is 0 Å². The second-order valence-electron chi connectivity index (χ2n) is 6.70. The second-order valence-corrected chi connectivity index (χ2v) is 6.70. The number of hydrogen-bond acceptors (Lipinski definition) is 5. The van der Waals surface area contributed by atoms with Crippen LogP contribution in [0, 0.1) is 0 Å². The smallest absolute Gasteiger partial charge is 0.251 e. The average Bonchev–Trinajstić information content (AvgIpc) is 2.81. The molecule has 1 amide bonds. The number of rotatable bonds is 10. The molecule has 0 unspecified atom stereocenters. The van der Waals surface area contributed by atoms with Crippen LogP contribution in [0.1, 0.15) is 21.5 Å². The number of benzene rings is 2. The molecule has 0 aliphatic heterocycles. The molecule has 0 heterocycles. The van der Waals surface area contributed by atoms with Gasteiger partial charge in [0, 0.05) is 38.3 Å². The Kier molecular flexibility index (Phi) is 12.3. The van der Waals surface area contributed by atoms with E-state index >= 15 is 0 Å². The van der Waals surface area contributed by atoms with Crippen molar-refractivity contribution in [2.45, 2.75) is 12.8 Å². The largest absolute Gasteiger partial charge is 0.493 e. The SMILES string of the molecule is CN=C(NCCc1cccc(C(=O)NC)c1)NCCc1ccc(OC)c(OC)c1OC.I. The molecule has 3 N–H and O–H groups in total. The third kappa shape index (κ3) is 7.47. The number of guanidine groups is 1. The van der Waals surface area contributed by atoms with Gasteiger partial charge in [-0.1, -0.05) is 18.2 Å². The summed E-state index contributed by atoms with van der Waals surface area (Å²) in [5.41, 5.74) is 2.75. The first-order valence-corrected chi connectivity index (χ1v) is 10.1. The summed E-state index contributed by atoms with van der Waals surface area (Å²) in [5.74, 6) is 2.51. The Labute approximate surface area is 207 Å². The number of halogens is 1. The van der Waals surface area contributed by atoms with Crippen LogP contribution in [0.5, 0.6) is 17.2 Å². The van der Waals surface area contributed by atoms with Crippen molar-refractivity contribution >= 4 is 35.8 Å². The summed E-state index contributed by atoms with van der Waals surface area (Å²) in [6.45, 7) is 1.36. The minimum absolute atomic E-state index is 0. The van der Waals surface area contributed by atoms with E-state index < -0.39 is 0 Å².